The van der Waals surface area contributed by atoms with E-state index in [1.165, 1.54) is 18.2 Å². The Morgan fingerprint density at radius 1 is 0.509 bits per heavy atom. The summed E-state index contributed by atoms with van der Waals surface area (Å²) in [6.45, 7) is 27.0. The third kappa shape index (κ3) is 22.3. The summed E-state index contributed by atoms with van der Waals surface area (Å²) in [5.74, 6) is 1.37. The molecule has 0 aliphatic carbocycles. The SMILES string of the molecule is CC(C)(C)OC(=O)N1CCN(c2ccc(C#N)cc2Cl)CC1.CC(C)(C)OC(=O)N1CCNCC1.N#Cc1ccc(F)c(Cl)c1.N#Cc1ccc(N2CCN(Cc3cnc4c(c3)NC(=O)[C@@H]3CCCN43)CC2)c(Cl)c1.N#Cc1ccc(N2CCNCC2)c(Cl)c1.O=C1Nc2cc(CO)cnc2N2CCC[C@@H]12. The summed E-state index contributed by atoms with van der Waals surface area (Å²) in [5.41, 5.74) is 7.50. The van der Waals surface area contributed by atoms with Crippen molar-refractivity contribution < 1.29 is 38.1 Å². The Morgan fingerprint density at radius 2 is 0.877 bits per heavy atom. The number of halogens is 5. The number of piperazine rings is 4. The minimum Gasteiger partial charge on any atom is -0.444 e. The van der Waals surface area contributed by atoms with Gasteiger partial charge in [0.1, 0.15) is 29.1 Å². The van der Waals surface area contributed by atoms with Gasteiger partial charge in [0.2, 0.25) is 11.8 Å². The van der Waals surface area contributed by atoms with Gasteiger partial charge in [-0.3, -0.25) is 14.5 Å². The molecule has 30 heteroatoms. The van der Waals surface area contributed by atoms with Crippen molar-refractivity contribution in [3.05, 3.63) is 157 Å². The molecular formula is C76H89Cl4FN18O7. The number of nitrogens with one attached hydrogen (secondary N) is 4. The number of hydrogen-bond donors (Lipinski definition) is 5. The Balaban J connectivity index is 0.000000153. The van der Waals surface area contributed by atoms with Crippen LogP contribution in [-0.4, -0.2) is 195 Å². The predicted molar refractivity (Wildman–Crippen MR) is 410 cm³/mol. The Kier molecular flexibility index (Phi) is 28.7. The number of pyridine rings is 2. The zero-order valence-corrected chi connectivity index (χ0v) is 63.4. The molecule has 106 heavy (non-hydrogen) atoms. The molecule has 0 unspecified atom stereocenters. The molecule has 0 saturated carbocycles. The van der Waals surface area contributed by atoms with E-state index in [1.54, 1.807) is 46.3 Å². The largest absolute Gasteiger partial charge is 0.444 e. The molecule has 560 valence electrons. The summed E-state index contributed by atoms with van der Waals surface area (Å²) in [6.07, 6.45) is 6.99. The number of nitriles is 4. The molecule has 4 aromatic carbocycles. The fourth-order valence-corrected chi connectivity index (χ4v) is 13.9. The summed E-state index contributed by atoms with van der Waals surface area (Å²) in [7, 11) is 0. The van der Waals surface area contributed by atoms with Crippen LogP contribution in [0.3, 0.4) is 0 Å². The molecule has 8 aliphatic heterocycles. The smallest absolute Gasteiger partial charge is 0.410 e. The van der Waals surface area contributed by atoms with Gasteiger partial charge >= 0.3 is 12.2 Å². The molecule has 14 rings (SSSR count). The first-order valence-electron chi connectivity index (χ1n) is 35.3. The van der Waals surface area contributed by atoms with E-state index >= 15 is 0 Å². The number of hydrogen-bond acceptors (Lipinski definition) is 21. The molecule has 8 aliphatic rings. The van der Waals surface area contributed by atoms with Gasteiger partial charge < -0.3 is 70.1 Å². The second-order valence-electron chi connectivity index (χ2n) is 28.0. The second kappa shape index (κ2) is 37.7. The third-order valence-corrected chi connectivity index (χ3v) is 19.3. The number of anilines is 7. The molecule has 6 aromatic rings. The van der Waals surface area contributed by atoms with E-state index in [2.05, 4.69) is 84.9 Å². The van der Waals surface area contributed by atoms with Crippen LogP contribution in [0.5, 0.6) is 0 Å². The van der Waals surface area contributed by atoms with Gasteiger partial charge in [-0.05, 0) is 163 Å². The second-order valence-corrected chi connectivity index (χ2v) is 29.6. The summed E-state index contributed by atoms with van der Waals surface area (Å²) < 4.78 is 23.0. The molecular weight excluding hydrogens is 1440 g/mol. The highest BCUT2D eigenvalue weighted by Gasteiger charge is 2.39. The number of benzene rings is 4. The Morgan fingerprint density at radius 3 is 1.27 bits per heavy atom. The fourth-order valence-electron chi connectivity index (χ4n) is 12.8. The molecule has 4 amide bonds. The lowest BCUT2D eigenvalue weighted by Gasteiger charge is -2.37. The fraction of sp³-hybridized carbons (Fsp3) is 0.447. The Bertz CT molecular complexity index is 4260. The summed E-state index contributed by atoms with van der Waals surface area (Å²) >= 11 is 24.1. The number of carbonyl (C=O) groups is 4. The zero-order chi connectivity index (χ0) is 76.2. The first-order valence-corrected chi connectivity index (χ1v) is 36.8. The maximum Gasteiger partial charge on any atom is 0.410 e. The van der Waals surface area contributed by atoms with Crippen LogP contribution in [0.4, 0.5) is 54.1 Å². The van der Waals surface area contributed by atoms with Gasteiger partial charge in [0, 0.05) is 137 Å². The first kappa shape index (κ1) is 80.6. The molecule has 10 heterocycles. The Hall–Kier alpha value is -9.45. The van der Waals surface area contributed by atoms with Crippen molar-refractivity contribution in [2.45, 2.75) is 104 Å². The lowest BCUT2D eigenvalue weighted by Crippen LogP contribution is -2.50. The summed E-state index contributed by atoms with van der Waals surface area (Å²) in [6, 6.07) is 31.9. The van der Waals surface area contributed by atoms with E-state index in [-0.39, 0.29) is 53.3 Å². The average Bonchev–Trinajstić information content (AvgIpc) is 1.55. The molecule has 0 bridgehead atoms. The van der Waals surface area contributed by atoms with Crippen molar-refractivity contribution in [1.29, 1.82) is 21.0 Å². The van der Waals surface area contributed by atoms with Gasteiger partial charge in [0.25, 0.3) is 0 Å². The van der Waals surface area contributed by atoms with E-state index in [4.69, 9.17) is 82.0 Å². The number of fused-ring (bicyclic) bond motifs is 6. The van der Waals surface area contributed by atoms with Crippen molar-refractivity contribution in [2.75, 3.05) is 153 Å². The lowest BCUT2D eigenvalue weighted by atomic mass is 10.1. The summed E-state index contributed by atoms with van der Waals surface area (Å²) in [5, 5.41) is 58.2. The average molecular weight is 1530 g/mol. The van der Waals surface area contributed by atoms with Gasteiger partial charge in [-0.1, -0.05) is 46.4 Å². The Labute approximate surface area is 638 Å². The third-order valence-electron chi connectivity index (χ3n) is 18.1. The molecule has 2 aromatic heterocycles. The lowest BCUT2D eigenvalue weighted by molar-refractivity contribution is -0.118. The van der Waals surface area contributed by atoms with Gasteiger partial charge in [0.05, 0.1) is 102 Å². The molecule has 5 N–H and O–H groups in total. The van der Waals surface area contributed by atoms with Crippen LogP contribution < -0.4 is 45.8 Å². The number of amides is 4. The highest BCUT2D eigenvalue weighted by atomic mass is 35.5. The van der Waals surface area contributed by atoms with Crippen molar-refractivity contribution in [1.82, 2.24) is 35.3 Å². The molecule has 6 saturated heterocycles. The van der Waals surface area contributed by atoms with Gasteiger partial charge in [-0.25, -0.2) is 23.9 Å². The normalized spacial score (nSPS) is 18.0. The monoisotopic (exact) mass is 1520 g/mol. The van der Waals surface area contributed by atoms with Crippen LogP contribution in [-0.2, 0) is 32.2 Å². The van der Waals surface area contributed by atoms with Crippen molar-refractivity contribution in [2.24, 2.45) is 0 Å². The van der Waals surface area contributed by atoms with E-state index in [0.29, 0.717) is 63.5 Å². The first-order chi connectivity index (χ1) is 50.7. The number of aliphatic hydroxyl groups is 1. The topological polar surface area (TPSA) is 302 Å². The minimum absolute atomic E-state index is 0.0148. The highest BCUT2D eigenvalue weighted by Crippen LogP contribution is 2.38. The van der Waals surface area contributed by atoms with E-state index in [9.17, 15) is 23.6 Å². The molecule has 6 fully saturated rings. The predicted octanol–water partition coefficient (Wildman–Crippen LogP) is 11.4. The van der Waals surface area contributed by atoms with Crippen LogP contribution in [0.15, 0.2) is 97.3 Å². The number of aliphatic hydroxyl groups excluding tert-OH is 1. The molecule has 25 nitrogen and oxygen atoms in total. The van der Waals surface area contributed by atoms with Crippen molar-refractivity contribution in [3.8, 4) is 24.3 Å². The summed E-state index contributed by atoms with van der Waals surface area (Å²) in [4.78, 5) is 73.3. The van der Waals surface area contributed by atoms with Gasteiger partial charge in [-0.15, -0.1) is 0 Å². The van der Waals surface area contributed by atoms with Crippen LogP contribution in [0, 0.1) is 51.1 Å². The van der Waals surface area contributed by atoms with Crippen LogP contribution in [0.2, 0.25) is 20.1 Å². The van der Waals surface area contributed by atoms with Crippen LogP contribution >= 0.6 is 46.4 Å². The van der Waals surface area contributed by atoms with E-state index in [1.807, 2.05) is 84.1 Å². The number of aromatic nitrogens is 2. The van der Waals surface area contributed by atoms with Gasteiger partial charge in [-0.2, -0.15) is 21.0 Å². The maximum atomic E-state index is 12.4. The number of nitrogens with zero attached hydrogens (tertiary/aromatic N) is 14. The van der Waals surface area contributed by atoms with Crippen molar-refractivity contribution >= 4 is 110 Å². The zero-order valence-electron chi connectivity index (χ0n) is 60.4. The molecule has 0 spiro atoms. The van der Waals surface area contributed by atoms with E-state index in [0.717, 1.165) is 175 Å². The number of rotatable bonds is 6. The van der Waals surface area contributed by atoms with E-state index < -0.39 is 11.4 Å². The standard InChI is InChI=1S/C22H23ClN6O.C16H20ClN3O2.C11H12ClN3.C11H13N3O2.C9H18N2O2.C7H3ClFN/c23-17-10-15(12-24)3-4-19(17)28-8-6-27(7-9-28)14-16-11-18-21(25-13-16)29-5-1-2-20(29)22(30)26-18;1-16(2,3)22-15(21)20-8-6-19(7-9-20)14-5-4-12(11-18)10-13(14)17;12-10-7-9(8-13)1-2-11(10)15-5-3-14-4-6-15;15-6-7-4-8-10(12-5-7)14-3-1-2-9(14)11(16)13-8;1-9(2,3)13-8(12)11-6-4-10-5-7-11;8-6-3-5(4-10)1-2-7(6)9/h3-4,10-11,13,20H,1-2,5-9,14H2,(H,26,30);4-5,10H,6-9H2,1-3H3;1-2,7,14H,3-6H2;4-5,9,15H,1-3,6H2,(H,13,16);10H,4-7H2,1-3H3;1-3H/t20-;;;9-;;/m0..0../s1. The van der Waals surface area contributed by atoms with Crippen LogP contribution in [0.1, 0.15) is 101 Å². The number of carbonyl (C=O) groups excluding carboxylic acids is 4. The van der Waals surface area contributed by atoms with Crippen LogP contribution in [0.25, 0.3) is 0 Å². The minimum atomic E-state index is -0.499. The van der Waals surface area contributed by atoms with Crippen molar-refractivity contribution in [3.63, 3.8) is 0 Å². The quantitative estimate of drug-likeness (QED) is 0.103. The highest BCUT2D eigenvalue weighted by molar-refractivity contribution is 6.34. The number of ether oxygens (including phenoxy) is 2. The molecule has 2 atom stereocenters. The maximum absolute atomic E-state index is 12.4. The molecule has 0 radical (unpaired) electrons. The van der Waals surface area contributed by atoms with Gasteiger partial charge in [0.15, 0.2) is 11.6 Å².